The van der Waals surface area contributed by atoms with Crippen LogP contribution in [0.15, 0.2) is 36.5 Å². The molecule has 1 unspecified atom stereocenters. The highest BCUT2D eigenvalue weighted by molar-refractivity contribution is 6.31. The first-order valence-electron chi connectivity index (χ1n) is 6.80. The van der Waals surface area contributed by atoms with Crippen molar-refractivity contribution in [2.75, 3.05) is 0 Å². The maximum absolute atomic E-state index is 12.3. The van der Waals surface area contributed by atoms with E-state index in [9.17, 15) is 4.79 Å². The minimum Gasteiger partial charge on any atom is -0.343 e. The van der Waals surface area contributed by atoms with E-state index in [0.717, 1.165) is 11.3 Å². The summed E-state index contributed by atoms with van der Waals surface area (Å²) in [6.45, 7) is 3.73. The second kappa shape index (κ2) is 5.73. The predicted octanol–water partition coefficient (Wildman–Crippen LogP) is 2.58. The minimum absolute atomic E-state index is 0.0840. The zero-order chi connectivity index (χ0) is 15.7. The first-order chi connectivity index (χ1) is 10.6. The quantitative estimate of drug-likeness (QED) is 0.806. The van der Waals surface area contributed by atoms with E-state index in [1.165, 1.54) is 4.52 Å². The van der Waals surface area contributed by atoms with Crippen LogP contribution in [-0.4, -0.2) is 25.5 Å². The molecule has 0 radical (unpaired) electrons. The summed E-state index contributed by atoms with van der Waals surface area (Å²) in [5.41, 5.74) is 1.70. The van der Waals surface area contributed by atoms with Crippen molar-refractivity contribution in [2.45, 2.75) is 19.9 Å². The Kier molecular flexibility index (Phi) is 3.77. The number of amides is 1. The summed E-state index contributed by atoms with van der Waals surface area (Å²) in [5, 5.41) is 7.63. The van der Waals surface area contributed by atoms with Crippen LogP contribution < -0.4 is 5.32 Å². The van der Waals surface area contributed by atoms with E-state index in [1.807, 2.05) is 32.0 Å². The first kappa shape index (κ1) is 14.5. The van der Waals surface area contributed by atoms with E-state index in [4.69, 9.17) is 11.6 Å². The van der Waals surface area contributed by atoms with E-state index in [1.54, 1.807) is 18.3 Å². The van der Waals surface area contributed by atoms with Crippen LogP contribution >= 0.6 is 11.6 Å². The Morgan fingerprint density at radius 1 is 1.32 bits per heavy atom. The molecule has 1 aromatic carbocycles. The van der Waals surface area contributed by atoms with E-state index >= 15 is 0 Å². The van der Waals surface area contributed by atoms with Gasteiger partial charge >= 0.3 is 0 Å². The monoisotopic (exact) mass is 315 g/mol. The summed E-state index contributed by atoms with van der Waals surface area (Å²) in [5.74, 6) is 0.119. The number of aryl methyl sites for hydroxylation is 1. The highest BCUT2D eigenvalue weighted by Gasteiger charge is 2.18. The van der Waals surface area contributed by atoms with E-state index in [2.05, 4.69) is 20.4 Å². The second-order valence-electron chi connectivity index (χ2n) is 4.95. The standard InChI is InChI=1S/C15H14ClN5O/c1-9-7-8-17-15-19-13(20-21(9)15)14(22)18-10(2)11-5-3-4-6-12(11)16/h3-8,10H,1-2H3,(H,18,22). The molecule has 0 saturated carbocycles. The average molecular weight is 316 g/mol. The minimum atomic E-state index is -0.364. The number of rotatable bonds is 3. The van der Waals surface area contributed by atoms with Gasteiger partial charge in [0.2, 0.25) is 5.82 Å². The first-order valence-corrected chi connectivity index (χ1v) is 7.17. The molecule has 1 amide bonds. The number of hydrogen-bond donors (Lipinski definition) is 1. The van der Waals surface area contributed by atoms with Gasteiger partial charge in [0.05, 0.1) is 6.04 Å². The molecule has 0 aliphatic heterocycles. The van der Waals surface area contributed by atoms with Crippen molar-refractivity contribution in [1.29, 1.82) is 0 Å². The van der Waals surface area contributed by atoms with Gasteiger partial charge in [0, 0.05) is 16.9 Å². The Morgan fingerprint density at radius 3 is 2.82 bits per heavy atom. The molecule has 7 heteroatoms. The molecule has 0 aliphatic rings. The molecule has 6 nitrogen and oxygen atoms in total. The van der Waals surface area contributed by atoms with Gasteiger partial charge in [-0.05, 0) is 31.5 Å². The normalized spacial score (nSPS) is 12.3. The van der Waals surface area contributed by atoms with Gasteiger partial charge in [-0.1, -0.05) is 29.8 Å². The van der Waals surface area contributed by atoms with Crippen molar-refractivity contribution in [3.05, 3.63) is 58.6 Å². The fourth-order valence-electron chi connectivity index (χ4n) is 2.17. The Morgan fingerprint density at radius 2 is 2.09 bits per heavy atom. The zero-order valence-corrected chi connectivity index (χ0v) is 12.9. The van der Waals surface area contributed by atoms with Crippen LogP contribution in [0.4, 0.5) is 0 Å². The predicted molar refractivity (Wildman–Crippen MR) is 82.9 cm³/mol. The van der Waals surface area contributed by atoms with Crippen LogP contribution in [-0.2, 0) is 0 Å². The van der Waals surface area contributed by atoms with Crippen molar-refractivity contribution in [3.8, 4) is 0 Å². The van der Waals surface area contributed by atoms with E-state index in [0.29, 0.717) is 10.8 Å². The van der Waals surface area contributed by atoms with E-state index in [-0.39, 0.29) is 17.8 Å². The van der Waals surface area contributed by atoms with Crippen molar-refractivity contribution < 1.29 is 4.79 Å². The fraction of sp³-hybridized carbons (Fsp3) is 0.200. The molecule has 0 bridgehead atoms. The molecule has 22 heavy (non-hydrogen) atoms. The molecule has 0 spiro atoms. The Balaban J connectivity index is 1.84. The van der Waals surface area contributed by atoms with Gasteiger partial charge < -0.3 is 5.32 Å². The van der Waals surface area contributed by atoms with Gasteiger partial charge in [0.25, 0.3) is 11.7 Å². The lowest BCUT2D eigenvalue weighted by atomic mass is 10.1. The molecule has 112 valence electrons. The summed E-state index contributed by atoms with van der Waals surface area (Å²) in [6, 6.07) is 8.93. The lowest BCUT2D eigenvalue weighted by Gasteiger charge is -2.14. The summed E-state index contributed by atoms with van der Waals surface area (Å²) >= 11 is 6.14. The lowest BCUT2D eigenvalue weighted by Crippen LogP contribution is -2.27. The summed E-state index contributed by atoms with van der Waals surface area (Å²) in [6.07, 6.45) is 1.63. The summed E-state index contributed by atoms with van der Waals surface area (Å²) in [4.78, 5) is 20.5. The molecule has 2 heterocycles. The number of carbonyl (C=O) groups excluding carboxylic acids is 1. The number of carbonyl (C=O) groups is 1. The average Bonchev–Trinajstić information content (AvgIpc) is 2.93. The van der Waals surface area contributed by atoms with Crippen molar-refractivity contribution in [3.63, 3.8) is 0 Å². The smallest absolute Gasteiger partial charge is 0.291 e. The largest absolute Gasteiger partial charge is 0.343 e. The molecular weight excluding hydrogens is 302 g/mol. The fourth-order valence-corrected chi connectivity index (χ4v) is 2.47. The molecule has 1 atom stereocenters. The highest BCUT2D eigenvalue weighted by Crippen LogP contribution is 2.22. The van der Waals surface area contributed by atoms with Crippen LogP contribution in [0.1, 0.15) is 34.8 Å². The molecule has 1 N–H and O–H groups in total. The lowest BCUT2D eigenvalue weighted by molar-refractivity contribution is 0.0929. The molecule has 3 aromatic rings. The molecule has 3 rings (SSSR count). The highest BCUT2D eigenvalue weighted by atomic mass is 35.5. The third kappa shape index (κ3) is 2.65. The van der Waals surface area contributed by atoms with Crippen LogP contribution in [0.25, 0.3) is 5.78 Å². The van der Waals surface area contributed by atoms with E-state index < -0.39 is 0 Å². The number of fused-ring (bicyclic) bond motifs is 1. The summed E-state index contributed by atoms with van der Waals surface area (Å²) in [7, 11) is 0. The Bertz CT molecular complexity index is 845. The van der Waals surface area contributed by atoms with Crippen LogP contribution in [0.3, 0.4) is 0 Å². The van der Waals surface area contributed by atoms with Crippen molar-refractivity contribution >= 4 is 23.3 Å². The van der Waals surface area contributed by atoms with Crippen LogP contribution in [0.2, 0.25) is 5.02 Å². The third-order valence-electron chi connectivity index (χ3n) is 3.35. The third-order valence-corrected chi connectivity index (χ3v) is 3.70. The van der Waals surface area contributed by atoms with Crippen LogP contribution in [0, 0.1) is 6.92 Å². The van der Waals surface area contributed by atoms with Gasteiger partial charge in [-0.25, -0.2) is 9.50 Å². The second-order valence-corrected chi connectivity index (χ2v) is 5.36. The number of halogens is 1. The molecule has 0 saturated heterocycles. The number of nitrogens with zero attached hydrogens (tertiary/aromatic N) is 4. The van der Waals surface area contributed by atoms with Gasteiger partial charge in [-0.15, -0.1) is 5.10 Å². The number of aromatic nitrogens is 4. The number of benzene rings is 1. The Hall–Kier alpha value is -2.47. The van der Waals surface area contributed by atoms with Crippen molar-refractivity contribution in [2.24, 2.45) is 0 Å². The molecule has 2 aromatic heterocycles. The van der Waals surface area contributed by atoms with Gasteiger partial charge in [0.1, 0.15) is 0 Å². The Labute approximate surface area is 132 Å². The van der Waals surface area contributed by atoms with Gasteiger partial charge in [0.15, 0.2) is 0 Å². The van der Waals surface area contributed by atoms with Crippen molar-refractivity contribution in [1.82, 2.24) is 24.9 Å². The summed E-state index contributed by atoms with van der Waals surface area (Å²) < 4.78 is 1.54. The van der Waals surface area contributed by atoms with Gasteiger partial charge in [-0.3, -0.25) is 4.79 Å². The maximum Gasteiger partial charge on any atom is 0.291 e. The van der Waals surface area contributed by atoms with Crippen LogP contribution in [0.5, 0.6) is 0 Å². The number of hydrogen-bond acceptors (Lipinski definition) is 4. The maximum atomic E-state index is 12.3. The van der Waals surface area contributed by atoms with Gasteiger partial charge in [-0.2, -0.15) is 4.98 Å². The number of nitrogens with one attached hydrogen (secondary N) is 1. The molecule has 0 aliphatic carbocycles. The molecule has 0 fully saturated rings. The molecular formula is C15H14ClN5O. The SMILES string of the molecule is Cc1ccnc2nc(C(=O)NC(C)c3ccccc3Cl)nn12. The zero-order valence-electron chi connectivity index (χ0n) is 12.1. The topological polar surface area (TPSA) is 72.2 Å².